The number of aromatic nitrogens is 1. The molecule has 0 aliphatic rings. The predicted molar refractivity (Wildman–Crippen MR) is 125 cm³/mol. The van der Waals surface area contributed by atoms with E-state index in [1.54, 1.807) is 0 Å². The molecule has 2 aromatic carbocycles. The summed E-state index contributed by atoms with van der Waals surface area (Å²) in [6.45, 7) is 6.87. The second-order valence-electron chi connectivity index (χ2n) is 8.20. The Morgan fingerprint density at radius 2 is 1.60 bits per heavy atom. The quantitative estimate of drug-likeness (QED) is 0.369. The molecule has 1 unspecified atom stereocenters. The number of halogens is 1. The van der Waals surface area contributed by atoms with E-state index < -0.39 is 6.67 Å². The maximum Gasteiger partial charge on any atom is 0.113 e. The van der Waals surface area contributed by atoms with E-state index in [-0.39, 0.29) is 6.61 Å². The summed E-state index contributed by atoms with van der Waals surface area (Å²) >= 11 is 0. The van der Waals surface area contributed by atoms with Crippen molar-refractivity contribution in [3.8, 4) is 0 Å². The van der Waals surface area contributed by atoms with Gasteiger partial charge in [-0.2, -0.15) is 0 Å². The lowest BCUT2D eigenvalue weighted by atomic mass is 9.97. The summed E-state index contributed by atoms with van der Waals surface area (Å²) in [5, 5.41) is 2.66. The molecule has 0 fully saturated rings. The van der Waals surface area contributed by atoms with Crippen LogP contribution < -0.4 is 4.90 Å². The maximum absolute atomic E-state index is 12.0. The molecule has 0 radical (unpaired) electrons. The van der Waals surface area contributed by atoms with Crippen molar-refractivity contribution in [3.05, 3.63) is 42.0 Å². The Balaban J connectivity index is 1.69. The van der Waals surface area contributed by atoms with Crippen molar-refractivity contribution >= 4 is 27.5 Å². The topological polar surface area (TPSA) is 26.6 Å². The van der Waals surface area contributed by atoms with Gasteiger partial charge in [0.1, 0.15) is 6.67 Å². The van der Waals surface area contributed by atoms with Crippen molar-refractivity contribution in [3.63, 3.8) is 0 Å². The average molecular weight is 415 g/mol. The van der Waals surface area contributed by atoms with Gasteiger partial charge in [0.05, 0.1) is 19.8 Å². The molecule has 0 saturated carbocycles. The fourth-order valence-corrected chi connectivity index (χ4v) is 4.05. The van der Waals surface area contributed by atoms with E-state index in [1.807, 2.05) is 0 Å². The first kappa shape index (κ1) is 22.6. The Hall–Kier alpha value is -2.11. The molecular formula is C25H35FN2O2. The fraction of sp³-hybridized carbons (Fsp3) is 0.520. The fourth-order valence-electron chi connectivity index (χ4n) is 4.05. The first-order chi connectivity index (χ1) is 14.5. The molecule has 1 atom stereocenters. The van der Waals surface area contributed by atoms with Gasteiger partial charge in [0, 0.05) is 54.7 Å². The molecule has 164 valence electrons. The molecule has 4 nitrogen and oxygen atoms in total. The number of anilines is 1. The molecule has 0 bridgehead atoms. The summed E-state index contributed by atoms with van der Waals surface area (Å²) in [7, 11) is 4.17. The molecule has 3 rings (SSSR count). The summed E-state index contributed by atoms with van der Waals surface area (Å²) < 4.78 is 25.1. The molecule has 0 amide bonds. The van der Waals surface area contributed by atoms with E-state index in [2.05, 4.69) is 73.8 Å². The van der Waals surface area contributed by atoms with Gasteiger partial charge in [-0.15, -0.1) is 0 Å². The summed E-state index contributed by atoms with van der Waals surface area (Å²) in [6.07, 6.45) is 2.03. The molecule has 1 heterocycles. The number of aryl methyl sites for hydroxylation is 1. The van der Waals surface area contributed by atoms with Crippen LogP contribution in [0.2, 0.25) is 0 Å². The Morgan fingerprint density at radius 1 is 0.933 bits per heavy atom. The van der Waals surface area contributed by atoms with Crippen LogP contribution in [0.25, 0.3) is 21.8 Å². The second kappa shape index (κ2) is 10.8. The minimum absolute atomic E-state index is 0.159. The third-order valence-corrected chi connectivity index (χ3v) is 5.68. The largest absolute Gasteiger partial charge is 0.379 e. The van der Waals surface area contributed by atoms with Crippen LogP contribution in [-0.4, -0.2) is 51.8 Å². The van der Waals surface area contributed by atoms with E-state index in [4.69, 9.17) is 9.47 Å². The van der Waals surface area contributed by atoms with Crippen molar-refractivity contribution < 1.29 is 13.9 Å². The molecule has 0 aliphatic heterocycles. The molecule has 0 spiro atoms. The van der Waals surface area contributed by atoms with Gasteiger partial charge in [-0.1, -0.05) is 13.0 Å². The van der Waals surface area contributed by atoms with Crippen LogP contribution in [0.3, 0.4) is 0 Å². The lowest BCUT2D eigenvalue weighted by Gasteiger charge is -2.13. The predicted octanol–water partition coefficient (Wildman–Crippen LogP) is 5.45. The number of hydrogen-bond acceptors (Lipinski definition) is 3. The first-order valence-electron chi connectivity index (χ1n) is 11.0. The summed E-state index contributed by atoms with van der Waals surface area (Å²) in [5.74, 6) is 0.533. The van der Waals surface area contributed by atoms with Crippen LogP contribution in [0, 0.1) is 5.92 Å². The lowest BCUT2D eigenvalue weighted by Crippen LogP contribution is -2.09. The number of hydrogen-bond donors (Lipinski definition) is 0. The number of ether oxygens (including phenoxy) is 2. The van der Waals surface area contributed by atoms with Crippen molar-refractivity contribution in [2.75, 3.05) is 52.1 Å². The Labute approximate surface area is 179 Å². The Bertz CT molecular complexity index is 951. The van der Waals surface area contributed by atoms with Crippen molar-refractivity contribution in [1.29, 1.82) is 0 Å². The highest BCUT2D eigenvalue weighted by Gasteiger charge is 2.13. The van der Waals surface area contributed by atoms with Gasteiger partial charge >= 0.3 is 0 Å². The number of fused-ring (bicyclic) bond motifs is 3. The zero-order valence-corrected chi connectivity index (χ0v) is 18.8. The van der Waals surface area contributed by atoms with Crippen LogP contribution in [0.15, 0.2) is 36.4 Å². The van der Waals surface area contributed by atoms with Gasteiger partial charge in [0.15, 0.2) is 0 Å². The zero-order valence-electron chi connectivity index (χ0n) is 18.8. The van der Waals surface area contributed by atoms with E-state index in [0.717, 1.165) is 19.4 Å². The molecule has 5 heteroatoms. The summed E-state index contributed by atoms with van der Waals surface area (Å²) in [5.41, 5.74) is 5.19. The van der Waals surface area contributed by atoms with Crippen LogP contribution in [0.1, 0.15) is 25.8 Å². The second-order valence-corrected chi connectivity index (χ2v) is 8.20. The van der Waals surface area contributed by atoms with Gasteiger partial charge in [-0.05, 0) is 61.6 Å². The minimum Gasteiger partial charge on any atom is -0.379 e. The third-order valence-electron chi connectivity index (χ3n) is 5.68. The first-order valence-corrected chi connectivity index (χ1v) is 11.0. The monoisotopic (exact) mass is 414 g/mol. The summed E-state index contributed by atoms with van der Waals surface area (Å²) in [6, 6.07) is 13.6. The molecule has 0 saturated heterocycles. The maximum atomic E-state index is 12.0. The molecule has 3 aromatic rings. The van der Waals surface area contributed by atoms with Crippen LogP contribution in [0.4, 0.5) is 10.1 Å². The van der Waals surface area contributed by atoms with E-state index in [1.165, 1.54) is 33.1 Å². The van der Waals surface area contributed by atoms with Crippen molar-refractivity contribution in [2.45, 2.75) is 33.2 Å². The highest BCUT2D eigenvalue weighted by atomic mass is 19.1. The molecular weight excluding hydrogens is 379 g/mol. The number of benzene rings is 2. The number of rotatable bonds is 12. The SMILES string of the molecule is CCn1c2ccc(CC(C)CCOCCOCCF)cc2c2cc(N(C)C)ccc21. The zero-order chi connectivity index (χ0) is 21.5. The van der Waals surface area contributed by atoms with Crippen molar-refractivity contribution in [1.82, 2.24) is 4.57 Å². The van der Waals surface area contributed by atoms with E-state index in [0.29, 0.717) is 25.7 Å². The van der Waals surface area contributed by atoms with Crippen LogP contribution in [-0.2, 0) is 22.4 Å². The molecule has 1 aromatic heterocycles. The van der Waals surface area contributed by atoms with Gasteiger partial charge in [-0.25, -0.2) is 4.39 Å². The Morgan fingerprint density at radius 3 is 2.27 bits per heavy atom. The molecule has 30 heavy (non-hydrogen) atoms. The van der Waals surface area contributed by atoms with E-state index in [9.17, 15) is 4.39 Å². The van der Waals surface area contributed by atoms with Crippen molar-refractivity contribution in [2.24, 2.45) is 5.92 Å². The van der Waals surface area contributed by atoms with E-state index >= 15 is 0 Å². The van der Waals surface area contributed by atoms with Crippen LogP contribution >= 0.6 is 0 Å². The highest BCUT2D eigenvalue weighted by molar-refractivity contribution is 6.09. The highest BCUT2D eigenvalue weighted by Crippen LogP contribution is 2.33. The lowest BCUT2D eigenvalue weighted by molar-refractivity contribution is 0.0389. The molecule has 0 N–H and O–H groups in total. The average Bonchev–Trinajstić information content (AvgIpc) is 3.05. The van der Waals surface area contributed by atoms with Gasteiger partial charge in [0.2, 0.25) is 0 Å². The third kappa shape index (κ3) is 5.32. The Kier molecular flexibility index (Phi) is 8.11. The van der Waals surface area contributed by atoms with Gasteiger partial charge in [0.25, 0.3) is 0 Å². The number of nitrogens with zero attached hydrogens (tertiary/aromatic N) is 2. The smallest absolute Gasteiger partial charge is 0.113 e. The van der Waals surface area contributed by atoms with Gasteiger partial charge in [-0.3, -0.25) is 0 Å². The van der Waals surface area contributed by atoms with Gasteiger partial charge < -0.3 is 18.9 Å². The standard InChI is InChI=1S/C25H35FN2O2/c1-5-28-24-8-6-20(16-19(2)10-12-29-14-15-30-13-11-26)17-22(24)23-18-21(27(3)4)7-9-25(23)28/h6-9,17-19H,5,10-16H2,1-4H3. The normalized spacial score (nSPS) is 12.7. The molecule has 0 aliphatic carbocycles. The number of alkyl halides is 1. The minimum atomic E-state index is -0.436. The van der Waals surface area contributed by atoms with Crippen LogP contribution in [0.5, 0.6) is 0 Å². The summed E-state index contributed by atoms with van der Waals surface area (Å²) in [4.78, 5) is 2.16.